The second kappa shape index (κ2) is 6.91. The summed E-state index contributed by atoms with van der Waals surface area (Å²) in [6, 6.07) is 13.2. The van der Waals surface area contributed by atoms with Crippen molar-refractivity contribution in [3.8, 4) is 11.5 Å². The predicted octanol–water partition coefficient (Wildman–Crippen LogP) is 1.75. The van der Waals surface area contributed by atoms with Gasteiger partial charge in [0, 0.05) is 11.3 Å². The topological polar surface area (TPSA) is 103 Å². The van der Waals surface area contributed by atoms with E-state index in [-0.39, 0.29) is 12.0 Å². The van der Waals surface area contributed by atoms with Crippen LogP contribution in [0.3, 0.4) is 0 Å². The quantitative estimate of drug-likeness (QED) is 0.796. The predicted molar refractivity (Wildman–Crippen MR) is 88.3 cm³/mol. The van der Waals surface area contributed by atoms with Crippen molar-refractivity contribution in [3.05, 3.63) is 54.1 Å². The number of rotatable bonds is 4. The van der Waals surface area contributed by atoms with E-state index in [4.69, 9.17) is 15.2 Å². The Labute approximate surface area is 138 Å². The first kappa shape index (κ1) is 15.7. The molecule has 7 nitrogen and oxygen atoms in total. The molecule has 1 atom stereocenters. The van der Waals surface area contributed by atoms with E-state index in [2.05, 4.69) is 10.6 Å². The molecule has 7 heteroatoms. The molecule has 0 saturated heterocycles. The molecule has 3 amide bonds. The number of anilines is 1. The van der Waals surface area contributed by atoms with Crippen molar-refractivity contribution in [2.24, 2.45) is 5.73 Å². The first-order valence-corrected chi connectivity index (χ1v) is 7.45. The Morgan fingerprint density at radius 3 is 2.50 bits per heavy atom. The van der Waals surface area contributed by atoms with E-state index in [0.29, 0.717) is 35.9 Å². The van der Waals surface area contributed by atoms with Gasteiger partial charge in [-0.15, -0.1) is 0 Å². The lowest BCUT2D eigenvalue weighted by Crippen LogP contribution is -2.40. The summed E-state index contributed by atoms with van der Waals surface area (Å²) in [7, 11) is 0. The molecule has 124 valence electrons. The number of primary amides is 1. The number of nitrogens with two attached hydrogens (primary N) is 1. The monoisotopic (exact) mass is 327 g/mol. The van der Waals surface area contributed by atoms with Crippen molar-refractivity contribution in [1.29, 1.82) is 0 Å². The van der Waals surface area contributed by atoms with Crippen LogP contribution in [-0.4, -0.2) is 31.2 Å². The van der Waals surface area contributed by atoms with Crippen LogP contribution in [0, 0.1) is 0 Å². The smallest absolute Gasteiger partial charge is 0.316 e. The Bertz CT molecular complexity index is 746. The Morgan fingerprint density at radius 2 is 1.79 bits per heavy atom. The number of benzene rings is 2. The second-order valence-electron chi connectivity index (χ2n) is 5.27. The van der Waals surface area contributed by atoms with Gasteiger partial charge in [-0.1, -0.05) is 12.1 Å². The van der Waals surface area contributed by atoms with Crippen molar-refractivity contribution < 1.29 is 19.1 Å². The Morgan fingerprint density at radius 1 is 1.08 bits per heavy atom. The van der Waals surface area contributed by atoms with Crippen LogP contribution in [0.4, 0.5) is 10.5 Å². The molecule has 0 fully saturated rings. The van der Waals surface area contributed by atoms with Gasteiger partial charge in [-0.05, 0) is 36.4 Å². The number of hydrogen-bond acceptors (Lipinski definition) is 4. The van der Waals surface area contributed by atoms with Gasteiger partial charge in [-0.25, -0.2) is 4.79 Å². The summed E-state index contributed by atoms with van der Waals surface area (Å²) in [5, 5.41) is 5.24. The molecule has 0 aliphatic carbocycles. The van der Waals surface area contributed by atoms with Gasteiger partial charge in [0.25, 0.3) is 5.91 Å². The summed E-state index contributed by atoms with van der Waals surface area (Å²) in [6.45, 7) is 0.702. The number of fused-ring (bicyclic) bond motifs is 1. The average Bonchev–Trinajstić information content (AvgIpc) is 2.59. The van der Waals surface area contributed by atoms with E-state index in [9.17, 15) is 9.59 Å². The van der Waals surface area contributed by atoms with Gasteiger partial charge >= 0.3 is 6.03 Å². The lowest BCUT2D eigenvalue weighted by atomic mass is 10.2. The van der Waals surface area contributed by atoms with Gasteiger partial charge in [0.1, 0.15) is 12.7 Å². The van der Waals surface area contributed by atoms with Crippen LogP contribution in [-0.2, 0) is 0 Å². The molecular weight excluding hydrogens is 310 g/mol. The third kappa shape index (κ3) is 3.75. The van der Waals surface area contributed by atoms with Gasteiger partial charge in [0.05, 0.1) is 6.54 Å². The van der Waals surface area contributed by atoms with Gasteiger partial charge < -0.3 is 25.8 Å². The molecule has 0 unspecified atom stereocenters. The molecule has 2 aromatic carbocycles. The van der Waals surface area contributed by atoms with Crippen molar-refractivity contribution in [1.82, 2.24) is 5.32 Å². The molecule has 4 N–H and O–H groups in total. The van der Waals surface area contributed by atoms with Gasteiger partial charge in [-0.3, -0.25) is 4.79 Å². The maximum Gasteiger partial charge on any atom is 0.316 e. The fourth-order valence-electron chi connectivity index (χ4n) is 2.32. The lowest BCUT2D eigenvalue weighted by Gasteiger charge is -2.26. The zero-order chi connectivity index (χ0) is 16.9. The summed E-state index contributed by atoms with van der Waals surface area (Å²) < 4.78 is 11.4. The maximum absolute atomic E-state index is 12.1. The normalized spacial score (nSPS) is 15.4. The summed E-state index contributed by atoms with van der Waals surface area (Å²) in [4.78, 5) is 22.9. The number of para-hydroxylation sites is 2. The van der Waals surface area contributed by atoms with E-state index < -0.39 is 6.03 Å². The molecular formula is C17H17N3O4. The fourth-order valence-corrected chi connectivity index (χ4v) is 2.32. The number of carbonyl (C=O) groups is 2. The van der Waals surface area contributed by atoms with Crippen LogP contribution in [0.25, 0.3) is 0 Å². The highest BCUT2D eigenvalue weighted by Gasteiger charge is 2.21. The summed E-state index contributed by atoms with van der Waals surface area (Å²) in [5.74, 6) is 1.14. The SMILES string of the molecule is NC(=O)Nc1ccc(C(=O)NC[C@H]2COc3ccccc3O2)cc1. The van der Waals surface area contributed by atoms with Crippen molar-refractivity contribution >= 4 is 17.6 Å². The van der Waals surface area contributed by atoms with Crippen LogP contribution < -0.4 is 25.8 Å². The van der Waals surface area contributed by atoms with Crippen LogP contribution in [0.1, 0.15) is 10.4 Å². The van der Waals surface area contributed by atoms with E-state index in [1.807, 2.05) is 24.3 Å². The van der Waals surface area contributed by atoms with E-state index in [1.165, 1.54) is 0 Å². The Hall–Kier alpha value is -3.22. The van der Waals surface area contributed by atoms with Gasteiger partial charge in [0.15, 0.2) is 11.5 Å². The van der Waals surface area contributed by atoms with Crippen molar-refractivity contribution in [2.75, 3.05) is 18.5 Å². The van der Waals surface area contributed by atoms with E-state index in [1.54, 1.807) is 24.3 Å². The maximum atomic E-state index is 12.1. The molecule has 1 aliphatic rings. The second-order valence-corrected chi connectivity index (χ2v) is 5.27. The number of hydrogen-bond donors (Lipinski definition) is 3. The molecule has 2 aromatic rings. The number of urea groups is 1. The third-order valence-electron chi connectivity index (χ3n) is 3.47. The van der Waals surface area contributed by atoms with Crippen LogP contribution in [0.2, 0.25) is 0 Å². The number of carbonyl (C=O) groups excluding carboxylic acids is 2. The number of nitrogens with one attached hydrogen (secondary N) is 2. The largest absolute Gasteiger partial charge is 0.486 e. The van der Waals surface area contributed by atoms with E-state index >= 15 is 0 Å². The lowest BCUT2D eigenvalue weighted by molar-refractivity contribution is 0.0789. The van der Waals surface area contributed by atoms with Gasteiger partial charge in [-0.2, -0.15) is 0 Å². The molecule has 0 saturated carbocycles. The Balaban J connectivity index is 1.53. The highest BCUT2D eigenvalue weighted by molar-refractivity contribution is 5.95. The molecule has 24 heavy (non-hydrogen) atoms. The zero-order valence-corrected chi connectivity index (χ0v) is 12.8. The van der Waals surface area contributed by atoms with Crippen molar-refractivity contribution in [3.63, 3.8) is 0 Å². The highest BCUT2D eigenvalue weighted by Crippen LogP contribution is 2.30. The average molecular weight is 327 g/mol. The van der Waals surface area contributed by atoms with E-state index in [0.717, 1.165) is 0 Å². The molecule has 1 heterocycles. The molecule has 0 aromatic heterocycles. The van der Waals surface area contributed by atoms with Crippen molar-refractivity contribution in [2.45, 2.75) is 6.10 Å². The first-order chi connectivity index (χ1) is 11.6. The zero-order valence-electron chi connectivity index (χ0n) is 12.8. The third-order valence-corrected chi connectivity index (χ3v) is 3.47. The summed E-state index contributed by atoms with van der Waals surface area (Å²) in [5.41, 5.74) is 6.03. The van der Waals surface area contributed by atoms with Crippen LogP contribution >= 0.6 is 0 Å². The molecule has 1 aliphatic heterocycles. The molecule has 0 radical (unpaired) electrons. The number of ether oxygens (including phenoxy) is 2. The minimum Gasteiger partial charge on any atom is -0.486 e. The van der Waals surface area contributed by atoms with Gasteiger partial charge in [0.2, 0.25) is 0 Å². The summed E-state index contributed by atoms with van der Waals surface area (Å²) in [6.07, 6.45) is -0.250. The minimum atomic E-state index is -0.651. The fraction of sp³-hybridized carbons (Fsp3) is 0.176. The molecule has 0 bridgehead atoms. The minimum absolute atomic E-state index is 0.233. The number of amides is 3. The molecule has 3 rings (SSSR count). The Kier molecular flexibility index (Phi) is 4.51. The highest BCUT2D eigenvalue weighted by atomic mass is 16.6. The standard InChI is InChI=1S/C17H17N3O4/c18-17(22)20-12-7-5-11(6-8-12)16(21)19-9-13-10-23-14-3-1-2-4-15(14)24-13/h1-8,13H,9-10H2,(H,19,21)(H3,18,20,22)/t13-/m0/s1. The van der Waals surface area contributed by atoms with Crippen LogP contribution in [0.5, 0.6) is 11.5 Å². The first-order valence-electron chi connectivity index (χ1n) is 7.45. The molecule has 0 spiro atoms. The van der Waals surface area contributed by atoms with Crippen LogP contribution in [0.15, 0.2) is 48.5 Å². The summed E-state index contributed by atoms with van der Waals surface area (Å²) >= 11 is 0.